The van der Waals surface area contributed by atoms with Crippen LogP contribution in [0.3, 0.4) is 0 Å². The Morgan fingerprint density at radius 2 is 1.00 bits per heavy atom. The number of hydrogen-bond donors (Lipinski definition) is 5. The topological polar surface area (TPSA) is 152 Å². The van der Waals surface area contributed by atoms with E-state index in [1.165, 1.54) is 0 Å². The molecule has 8 nitrogen and oxygen atoms in total. The molecule has 0 aromatic rings. The van der Waals surface area contributed by atoms with E-state index in [2.05, 4.69) is 0 Å². The summed E-state index contributed by atoms with van der Waals surface area (Å²) in [5.41, 5.74) is 0. The first-order valence-electron chi connectivity index (χ1n) is 1.43. The zero-order chi connectivity index (χ0) is 9.00. The van der Waals surface area contributed by atoms with E-state index in [-0.39, 0.29) is 59.1 Å². The van der Waals surface area contributed by atoms with Crippen molar-refractivity contribution in [2.24, 2.45) is 0 Å². The molecule has 0 fully saturated rings. The molecule has 74 valence electrons. The van der Waals surface area contributed by atoms with Crippen molar-refractivity contribution in [2.75, 3.05) is 0 Å². The first-order chi connectivity index (χ1) is 4.00. The monoisotopic (exact) mass is 286 g/mol. The molecule has 0 rings (SSSR count). The number of rotatable bonds is 0. The van der Waals surface area contributed by atoms with Crippen LogP contribution < -0.4 is 37.7 Å². The maximum Gasteiger partial charge on any atom is 0 e. The van der Waals surface area contributed by atoms with Gasteiger partial charge in [0.05, 0.1) is 0 Å². The predicted octanol–water partition coefficient (Wildman–Crippen LogP) is -8.05. The van der Waals surface area contributed by atoms with Gasteiger partial charge in [0.1, 0.15) is 0 Å². The molecule has 0 amide bonds. The van der Waals surface area contributed by atoms with Gasteiger partial charge >= 0.3 is 75.0 Å². The first kappa shape index (κ1) is 29.4. The Bertz CT molecular complexity index is 209. The summed E-state index contributed by atoms with van der Waals surface area (Å²) in [4.78, 5) is 21.6. The normalized spacial score (nSPS) is 9.00. The molecule has 13 heteroatoms. The van der Waals surface area contributed by atoms with Crippen LogP contribution in [0, 0.1) is 0 Å². The molecule has 1 radical (unpaired) electrons. The van der Waals surface area contributed by atoms with Crippen LogP contribution in [0.25, 0.3) is 0 Å². The molecule has 0 aromatic heterocycles. The van der Waals surface area contributed by atoms with Crippen molar-refractivity contribution in [2.45, 2.75) is 0 Å². The van der Waals surface area contributed by atoms with Crippen molar-refractivity contribution in [3.8, 4) is 0 Å². The summed E-state index contributed by atoms with van der Waals surface area (Å²) < 4.78 is 40.7. The Kier molecular flexibility index (Phi) is 27.1. The first-order valence-corrected chi connectivity index (χ1v) is 5.01. The molecule has 0 spiro atoms. The maximum absolute atomic E-state index is 8.88. The predicted molar refractivity (Wildman–Crippen MR) is 22.3 cm³/mol. The Morgan fingerprint density at radius 3 is 1.00 bits per heavy atom. The van der Waals surface area contributed by atoms with E-state index in [1.54, 1.807) is 0 Å². The Labute approximate surface area is 115 Å². The standard InChI is InChI=1S/2Li.Mn.H3O4P.2H2O.2O.V.2H/c;;;1-5(2,3)4;;;;;;;/h;;;(H3,1,2,3,4);2*1H2;;;;;/q2*+1;+2;;;;;;;2*-1/p-2. The zero-order valence-corrected chi connectivity index (χ0v) is 10.2. The summed E-state index contributed by atoms with van der Waals surface area (Å²) in [5, 5.41) is 0. The molecule has 0 heterocycles. The second kappa shape index (κ2) is 12.0. The Hall–Kier alpha value is 1.93. The Morgan fingerprint density at radius 1 is 1.00 bits per heavy atom. The van der Waals surface area contributed by atoms with Crippen LogP contribution in [-0.4, -0.2) is 23.1 Å². The second-order valence-electron chi connectivity index (χ2n) is 0.928. The summed E-state index contributed by atoms with van der Waals surface area (Å²) >= 11 is -5.12. The number of hydrogen-bond acceptors (Lipinski definition) is 3. The molecule has 0 aliphatic heterocycles. The molecule has 0 atom stereocenters. The maximum atomic E-state index is 8.88. The van der Waals surface area contributed by atoms with Crippen LogP contribution >= 0.6 is 7.82 Å². The largest absolute Gasteiger partial charge is 0 e. The van der Waals surface area contributed by atoms with Crippen LogP contribution in [0.2, 0.25) is 0 Å². The molecule has 0 unspecified atom stereocenters. The van der Waals surface area contributed by atoms with Crippen LogP contribution in [-0.2, 0) is 44.2 Å². The summed E-state index contributed by atoms with van der Waals surface area (Å²) in [6, 6.07) is 0. The van der Waals surface area contributed by atoms with Gasteiger partial charge in [0.15, 0.2) is 0 Å². The smallest absolute Gasteiger partial charge is 0 e. The van der Waals surface area contributed by atoms with E-state index in [9.17, 15) is 0 Å². The van der Waals surface area contributed by atoms with Crippen LogP contribution in [0.4, 0.5) is 0 Å². The van der Waals surface area contributed by atoms with Crippen LogP contribution in [0.1, 0.15) is 2.85 Å². The van der Waals surface area contributed by atoms with Crippen molar-refractivity contribution in [3.63, 3.8) is 0 Å². The molecule has 0 saturated heterocycles. The van der Waals surface area contributed by atoms with Crippen LogP contribution in [0.5, 0.6) is 0 Å². The second-order valence-corrected chi connectivity index (χ2v) is 3.25. The van der Waals surface area contributed by atoms with Gasteiger partial charge in [-0.15, -0.1) is 0 Å². The summed E-state index contributed by atoms with van der Waals surface area (Å²) in [5.74, 6) is 0. The molecule has 0 saturated carbocycles. The van der Waals surface area contributed by atoms with Crippen molar-refractivity contribution in [1.29, 1.82) is 0 Å². The fraction of sp³-hybridized carbons (Fsp3) is 0. The van der Waals surface area contributed by atoms with E-state index >= 15 is 0 Å². The van der Waals surface area contributed by atoms with E-state index in [0.29, 0.717) is 0 Å². The van der Waals surface area contributed by atoms with E-state index in [4.69, 9.17) is 35.3 Å². The Balaban J connectivity index is -0.0000000128. The fourth-order valence-electron chi connectivity index (χ4n) is 0. The van der Waals surface area contributed by atoms with Gasteiger partial charge in [-0.2, -0.15) is 0 Å². The molecule has 0 bridgehead atoms. The minimum Gasteiger partial charge on any atom is 0 e. The molecule has 0 aliphatic carbocycles. The molecular weight excluding hydrogens is 279 g/mol. The molecule has 0 aromatic carbocycles. The summed E-state index contributed by atoms with van der Waals surface area (Å²) in [6.07, 6.45) is 0. The third-order valence-electron chi connectivity index (χ3n) is 0. The summed E-state index contributed by atoms with van der Waals surface area (Å²) in [6.45, 7) is 0. The van der Waals surface area contributed by atoms with Crippen molar-refractivity contribution in [1.82, 2.24) is 0 Å². The fourth-order valence-corrected chi connectivity index (χ4v) is 0. The van der Waals surface area contributed by atoms with Gasteiger partial charge in [-0.25, -0.2) is 4.57 Å². The average Bonchev–Trinajstić information content (AvgIpc) is 1.12. The SMILES string of the molecule is O=P(O)(O)O.[H-].[H-].[Li+].[Li+].[O]=[Mn](=[O])([OH])[OH].[V]. The zero-order valence-electron chi connectivity index (χ0n) is 8.73. The third kappa shape index (κ3) is 533. The van der Waals surface area contributed by atoms with Gasteiger partial charge in [0, 0.05) is 18.6 Å². The van der Waals surface area contributed by atoms with E-state index in [0.717, 1.165) is 0 Å². The van der Waals surface area contributed by atoms with E-state index in [1.807, 2.05) is 0 Å². The van der Waals surface area contributed by atoms with Crippen molar-refractivity contribution in [3.05, 3.63) is 0 Å². The van der Waals surface area contributed by atoms with Gasteiger partial charge in [-0.1, -0.05) is 0 Å². The van der Waals surface area contributed by atoms with E-state index < -0.39 is 21.2 Å². The molecular formula is H7Li2MnO8PV. The summed E-state index contributed by atoms with van der Waals surface area (Å²) in [7, 11) is -4.64. The molecule has 13 heavy (non-hydrogen) atoms. The van der Waals surface area contributed by atoms with Gasteiger partial charge in [-0.05, 0) is 0 Å². The average molecular weight is 286 g/mol. The van der Waals surface area contributed by atoms with Gasteiger partial charge < -0.3 is 17.5 Å². The minimum atomic E-state index is -5.12. The van der Waals surface area contributed by atoms with Crippen LogP contribution in [0.15, 0.2) is 0 Å². The van der Waals surface area contributed by atoms with Gasteiger partial charge in [0.25, 0.3) is 0 Å². The molecule has 5 N–H and O–H groups in total. The van der Waals surface area contributed by atoms with Crippen molar-refractivity contribution < 1.29 is 108 Å². The number of phosphoric acid groups is 1. The minimum absolute atomic E-state index is 0. The quantitative estimate of drug-likeness (QED) is 0.217. The van der Waals surface area contributed by atoms with Gasteiger partial charge in [-0.3, -0.25) is 0 Å². The third-order valence-corrected chi connectivity index (χ3v) is 0. The van der Waals surface area contributed by atoms with Gasteiger partial charge in [0.2, 0.25) is 0 Å². The van der Waals surface area contributed by atoms with Crippen molar-refractivity contribution >= 4 is 7.82 Å². The molecule has 0 aliphatic rings.